The van der Waals surface area contributed by atoms with Crippen molar-refractivity contribution >= 4 is 5.97 Å². The number of carbonyl (C=O) groups is 1. The van der Waals surface area contributed by atoms with Crippen LogP contribution in [0.2, 0.25) is 0 Å². The van der Waals surface area contributed by atoms with Gasteiger partial charge in [-0.25, -0.2) is 4.79 Å². The zero-order valence-corrected chi connectivity index (χ0v) is 3.92. The van der Waals surface area contributed by atoms with Gasteiger partial charge in [0.15, 0.2) is 6.26 Å². The van der Waals surface area contributed by atoms with Crippen LogP contribution in [0.25, 0.3) is 0 Å². The van der Waals surface area contributed by atoms with E-state index in [0.717, 1.165) is 0 Å². The maximum absolute atomic E-state index is 9.95. The lowest BCUT2D eigenvalue weighted by molar-refractivity contribution is 0.0662. The fourth-order valence-corrected chi connectivity index (χ4v) is 0.356. The minimum atomic E-state index is -1.06. The van der Waals surface area contributed by atoms with Crippen molar-refractivity contribution < 1.29 is 14.3 Å². The molecule has 0 fully saturated rings. The number of carboxylic acids is 1. The van der Waals surface area contributed by atoms with Crippen LogP contribution in [-0.4, -0.2) is 11.1 Å². The standard InChI is InChI=1S/C5H3O3/c6-5(7)4-2-1-3-8-4/h1-2H,(H,6,7). The van der Waals surface area contributed by atoms with Crippen molar-refractivity contribution in [3.8, 4) is 0 Å². The molecule has 0 saturated carbocycles. The molecule has 0 aliphatic rings. The fourth-order valence-electron chi connectivity index (χ4n) is 0.356. The second-order valence-corrected chi connectivity index (χ2v) is 1.22. The van der Waals surface area contributed by atoms with Crippen molar-refractivity contribution in [3.05, 3.63) is 24.2 Å². The molecule has 1 rings (SSSR count). The zero-order chi connectivity index (χ0) is 5.98. The van der Waals surface area contributed by atoms with E-state index < -0.39 is 5.97 Å². The average molecular weight is 111 g/mol. The van der Waals surface area contributed by atoms with E-state index in [-0.39, 0.29) is 5.76 Å². The molecule has 0 aliphatic heterocycles. The van der Waals surface area contributed by atoms with Crippen LogP contribution >= 0.6 is 0 Å². The number of hydrogen-bond acceptors (Lipinski definition) is 2. The molecule has 0 atom stereocenters. The normalized spacial score (nSPS) is 9.00. The molecule has 0 unspecified atom stereocenters. The molecular formula is C5H3O3. The molecule has 41 valence electrons. The van der Waals surface area contributed by atoms with Crippen LogP contribution in [0.3, 0.4) is 0 Å². The molecule has 1 heterocycles. The molecule has 0 aromatic carbocycles. The van der Waals surface area contributed by atoms with Crippen LogP contribution in [0.4, 0.5) is 0 Å². The predicted molar refractivity (Wildman–Crippen MR) is 24.5 cm³/mol. The van der Waals surface area contributed by atoms with Crippen molar-refractivity contribution in [2.45, 2.75) is 0 Å². The van der Waals surface area contributed by atoms with Gasteiger partial charge in [0.25, 0.3) is 0 Å². The Hall–Kier alpha value is -1.25. The molecule has 0 spiro atoms. The van der Waals surface area contributed by atoms with Gasteiger partial charge in [-0.15, -0.1) is 0 Å². The Morgan fingerprint density at radius 3 is 2.88 bits per heavy atom. The Balaban J connectivity index is 2.93. The first-order chi connectivity index (χ1) is 3.80. The first kappa shape index (κ1) is 4.90. The summed E-state index contributed by atoms with van der Waals surface area (Å²) in [4.78, 5) is 9.95. The highest BCUT2D eigenvalue weighted by molar-refractivity contribution is 5.84. The molecule has 8 heavy (non-hydrogen) atoms. The molecule has 3 nitrogen and oxygen atoms in total. The van der Waals surface area contributed by atoms with Crippen molar-refractivity contribution in [1.82, 2.24) is 0 Å². The number of aromatic carboxylic acids is 1. The van der Waals surface area contributed by atoms with Gasteiger partial charge in [0.2, 0.25) is 5.76 Å². The second-order valence-electron chi connectivity index (χ2n) is 1.22. The summed E-state index contributed by atoms with van der Waals surface area (Å²) in [6, 6.07) is 2.74. The number of rotatable bonds is 1. The van der Waals surface area contributed by atoms with Crippen LogP contribution in [0.15, 0.2) is 16.5 Å². The molecule has 0 bridgehead atoms. The van der Waals surface area contributed by atoms with Crippen molar-refractivity contribution in [2.24, 2.45) is 0 Å². The number of carboxylic acid groups (broad SMARTS) is 1. The number of hydrogen-bond donors (Lipinski definition) is 1. The summed E-state index contributed by atoms with van der Waals surface area (Å²) in [5.41, 5.74) is 0. The lowest BCUT2D eigenvalue weighted by Gasteiger charge is -1.78. The maximum atomic E-state index is 9.95. The van der Waals surface area contributed by atoms with Gasteiger partial charge in [0, 0.05) is 0 Å². The predicted octanol–water partition coefficient (Wildman–Crippen LogP) is 0.778. The molecular weight excluding hydrogens is 108 g/mol. The smallest absolute Gasteiger partial charge is 0.371 e. The third-order valence-corrected chi connectivity index (χ3v) is 0.682. The highest BCUT2D eigenvalue weighted by Crippen LogP contribution is 1.96. The summed E-state index contributed by atoms with van der Waals surface area (Å²) < 4.78 is 4.37. The van der Waals surface area contributed by atoms with Gasteiger partial charge in [-0.2, -0.15) is 0 Å². The van der Waals surface area contributed by atoms with Crippen LogP contribution in [0, 0.1) is 6.26 Å². The van der Waals surface area contributed by atoms with Crippen molar-refractivity contribution in [1.29, 1.82) is 0 Å². The maximum Gasteiger partial charge on any atom is 0.371 e. The van der Waals surface area contributed by atoms with E-state index in [0.29, 0.717) is 0 Å². The summed E-state index contributed by atoms with van der Waals surface area (Å²) in [5, 5.41) is 8.16. The van der Waals surface area contributed by atoms with Gasteiger partial charge in [0.05, 0.1) is 0 Å². The van der Waals surface area contributed by atoms with Crippen LogP contribution in [0.5, 0.6) is 0 Å². The summed E-state index contributed by atoms with van der Waals surface area (Å²) in [7, 11) is 0. The second kappa shape index (κ2) is 1.69. The summed E-state index contributed by atoms with van der Waals surface area (Å²) >= 11 is 0. The summed E-state index contributed by atoms with van der Waals surface area (Å²) in [6.45, 7) is 0. The lowest BCUT2D eigenvalue weighted by Crippen LogP contribution is -1.91. The van der Waals surface area contributed by atoms with Gasteiger partial charge in [-0.05, 0) is 12.1 Å². The quantitative estimate of drug-likeness (QED) is 0.582. The van der Waals surface area contributed by atoms with Crippen molar-refractivity contribution in [2.75, 3.05) is 0 Å². The largest absolute Gasteiger partial charge is 0.475 e. The van der Waals surface area contributed by atoms with E-state index in [4.69, 9.17) is 5.11 Å². The zero-order valence-electron chi connectivity index (χ0n) is 3.92. The third-order valence-electron chi connectivity index (χ3n) is 0.682. The highest BCUT2D eigenvalue weighted by Gasteiger charge is 2.02. The first-order valence-electron chi connectivity index (χ1n) is 2.00. The van der Waals surface area contributed by atoms with E-state index in [1.54, 1.807) is 0 Å². The van der Waals surface area contributed by atoms with E-state index in [2.05, 4.69) is 10.7 Å². The van der Waals surface area contributed by atoms with E-state index in [1.165, 1.54) is 12.1 Å². The van der Waals surface area contributed by atoms with Crippen molar-refractivity contribution in [3.63, 3.8) is 0 Å². The molecule has 0 saturated heterocycles. The minimum Gasteiger partial charge on any atom is -0.475 e. The van der Waals surface area contributed by atoms with Gasteiger partial charge in [0.1, 0.15) is 0 Å². The molecule has 1 aromatic heterocycles. The number of furan rings is 1. The van der Waals surface area contributed by atoms with Gasteiger partial charge in [-0.1, -0.05) is 0 Å². The Bertz CT molecular complexity index is 176. The Kier molecular flexibility index (Phi) is 1.04. The van der Waals surface area contributed by atoms with Gasteiger partial charge < -0.3 is 9.52 Å². The first-order valence-corrected chi connectivity index (χ1v) is 2.00. The van der Waals surface area contributed by atoms with Crippen LogP contribution < -0.4 is 0 Å². The molecule has 0 amide bonds. The Morgan fingerprint density at radius 2 is 2.62 bits per heavy atom. The molecule has 1 radical (unpaired) electrons. The minimum absolute atomic E-state index is 0.0787. The van der Waals surface area contributed by atoms with E-state index in [9.17, 15) is 4.79 Å². The lowest BCUT2D eigenvalue weighted by atomic mass is 10.5. The SMILES string of the molecule is O=C(O)c1cc[c]o1. The topological polar surface area (TPSA) is 50.4 Å². The highest BCUT2D eigenvalue weighted by atomic mass is 16.4. The molecule has 1 N–H and O–H groups in total. The summed E-state index contributed by atoms with van der Waals surface area (Å²) in [6.07, 6.45) is 2.26. The monoisotopic (exact) mass is 111 g/mol. The van der Waals surface area contributed by atoms with Crippen LogP contribution in [0.1, 0.15) is 10.6 Å². The molecule has 3 heteroatoms. The Morgan fingerprint density at radius 1 is 1.88 bits per heavy atom. The van der Waals surface area contributed by atoms with Crippen LogP contribution in [-0.2, 0) is 0 Å². The van der Waals surface area contributed by atoms with Gasteiger partial charge in [-0.3, -0.25) is 0 Å². The van der Waals surface area contributed by atoms with Gasteiger partial charge >= 0.3 is 5.97 Å². The molecule has 0 aliphatic carbocycles. The molecule has 1 aromatic rings. The fraction of sp³-hybridized carbons (Fsp3) is 0. The van der Waals surface area contributed by atoms with E-state index >= 15 is 0 Å². The average Bonchev–Trinajstić information content (AvgIpc) is 2.12. The Labute approximate surface area is 45.5 Å². The van der Waals surface area contributed by atoms with E-state index in [1.807, 2.05) is 0 Å². The third kappa shape index (κ3) is 0.703. The summed E-state index contributed by atoms with van der Waals surface area (Å²) in [5.74, 6) is -1.14.